The molecule has 82 valence electrons. The SMILES string of the molecule is COc1ccccc1-c1cc(C)cnc1N. The van der Waals surface area contributed by atoms with Crippen molar-refractivity contribution in [2.45, 2.75) is 6.92 Å². The van der Waals surface area contributed by atoms with Crippen molar-refractivity contribution < 1.29 is 4.74 Å². The van der Waals surface area contributed by atoms with E-state index in [1.54, 1.807) is 13.3 Å². The smallest absolute Gasteiger partial charge is 0.131 e. The maximum atomic E-state index is 5.88. The largest absolute Gasteiger partial charge is 0.496 e. The highest BCUT2D eigenvalue weighted by molar-refractivity contribution is 5.78. The average molecular weight is 214 g/mol. The Bertz CT molecular complexity index is 509. The van der Waals surface area contributed by atoms with Crippen LogP contribution in [0.4, 0.5) is 5.82 Å². The highest BCUT2D eigenvalue weighted by atomic mass is 16.5. The highest BCUT2D eigenvalue weighted by Crippen LogP contribution is 2.32. The Balaban J connectivity index is 2.62. The first kappa shape index (κ1) is 10.5. The third kappa shape index (κ3) is 1.84. The van der Waals surface area contributed by atoms with E-state index in [0.717, 1.165) is 22.4 Å². The van der Waals surface area contributed by atoms with Crippen LogP contribution in [0, 0.1) is 6.92 Å². The van der Waals surface area contributed by atoms with Crippen molar-refractivity contribution in [2.75, 3.05) is 12.8 Å². The number of nitrogens with zero attached hydrogens (tertiary/aromatic N) is 1. The lowest BCUT2D eigenvalue weighted by Crippen LogP contribution is -1.96. The second-order valence-electron chi connectivity index (χ2n) is 3.65. The number of rotatable bonds is 2. The molecule has 0 saturated carbocycles. The van der Waals surface area contributed by atoms with E-state index in [2.05, 4.69) is 4.98 Å². The van der Waals surface area contributed by atoms with E-state index < -0.39 is 0 Å². The van der Waals surface area contributed by atoms with Crippen LogP contribution in [-0.4, -0.2) is 12.1 Å². The van der Waals surface area contributed by atoms with E-state index in [-0.39, 0.29) is 0 Å². The molecule has 3 nitrogen and oxygen atoms in total. The van der Waals surface area contributed by atoms with Crippen LogP contribution >= 0.6 is 0 Å². The molecule has 0 atom stereocenters. The van der Waals surface area contributed by atoms with Gasteiger partial charge in [0.2, 0.25) is 0 Å². The molecule has 16 heavy (non-hydrogen) atoms. The molecule has 1 heterocycles. The van der Waals surface area contributed by atoms with E-state index >= 15 is 0 Å². The quantitative estimate of drug-likeness (QED) is 0.836. The number of para-hydroxylation sites is 1. The molecule has 2 rings (SSSR count). The lowest BCUT2D eigenvalue weighted by molar-refractivity contribution is 0.416. The number of methoxy groups -OCH3 is 1. The molecule has 0 aliphatic rings. The van der Waals surface area contributed by atoms with Crippen LogP contribution in [0.3, 0.4) is 0 Å². The molecule has 3 heteroatoms. The number of ether oxygens (including phenoxy) is 1. The van der Waals surface area contributed by atoms with E-state index in [0.29, 0.717) is 5.82 Å². The molecular weight excluding hydrogens is 200 g/mol. The van der Waals surface area contributed by atoms with Crippen molar-refractivity contribution >= 4 is 5.82 Å². The minimum Gasteiger partial charge on any atom is -0.496 e. The maximum Gasteiger partial charge on any atom is 0.131 e. The van der Waals surface area contributed by atoms with Gasteiger partial charge in [0, 0.05) is 17.3 Å². The first-order chi connectivity index (χ1) is 7.72. The Morgan fingerprint density at radius 3 is 2.69 bits per heavy atom. The lowest BCUT2D eigenvalue weighted by atomic mass is 10.0. The Morgan fingerprint density at radius 1 is 1.19 bits per heavy atom. The molecule has 0 radical (unpaired) electrons. The van der Waals surface area contributed by atoms with Crippen molar-refractivity contribution in [3.05, 3.63) is 42.1 Å². The van der Waals surface area contributed by atoms with Gasteiger partial charge < -0.3 is 10.5 Å². The zero-order valence-corrected chi connectivity index (χ0v) is 9.40. The van der Waals surface area contributed by atoms with Crippen LogP contribution in [-0.2, 0) is 0 Å². The summed E-state index contributed by atoms with van der Waals surface area (Å²) in [6.45, 7) is 1.99. The summed E-state index contributed by atoms with van der Waals surface area (Å²) in [5, 5.41) is 0. The molecule has 1 aromatic carbocycles. The summed E-state index contributed by atoms with van der Waals surface area (Å²) in [6, 6.07) is 9.80. The minimum absolute atomic E-state index is 0.523. The third-order valence-corrected chi connectivity index (χ3v) is 2.45. The van der Waals surface area contributed by atoms with Gasteiger partial charge in [-0.1, -0.05) is 18.2 Å². The predicted octanol–water partition coefficient (Wildman–Crippen LogP) is 2.65. The number of hydrogen-bond donors (Lipinski definition) is 1. The summed E-state index contributed by atoms with van der Waals surface area (Å²) in [5.74, 6) is 1.33. The molecular formula is C13H14N2O. The van der Waals surface area contributed by atoms with E-state index in [1.807, 2.05) is 37.3 Å². The van der Waals surface area contributed by atoms with Gasteiger partial charge in [-0.05, 0) is 24.6 Å². The number of nitrogens with two attached hydrogens (primary N) is 1. The summed E-state index contributed by atoms with van der Waals surface area (Å²) in [7, 11) is 1.65. The number of anilines is 1. The fraction of sp³-hybridized carbons (Fsp3) is 0.154. The Labute approximate surface area is 94.9 Å². The molecule has 0 spiro atoms. The fourth-order valence-electron chi connectivity index (χ4n) is 1.66. The van der Waals surface area contributed by atoms with Gasteiger partial charge in [-0.3, -0.25) is 0 Å². The molecule has 0 amide bonds. The number of hydrogen-bond acceptors (Lipinski definition) is 3. The molecule has 0 fully saturated rings. The minimum atomic E-state index is 0.523. The highest BCUT2D eigenvalue weighted by Gasteiger charge is 2.08. The number of pyridine rings is 1. The molecule has 2 N–H and O–H groups in total. The van der Waals surface area contributed by atoms with Crippen molar-refractivity contribution in [2.24, 2.45) is 0 Å². The predicted molar refractivity (Wildman–Crippen MR) is 65.4 cm³/mol. The first-order valence-corrected chi connectivity index (χ1v) is 5.08. The lowest BCUT2D eigenvalue weighted by Gasteiger charge is -2.10. The number of nitrogen functional groups attached to an aromatic ring is 1. The molecule has 0 aliphatic carbocycles. The van der Waals surface area contributed by atoms with Gasteiger partial charge in [-0.15, -0.1) is 0 Å². The van der Waals surface area contributed by atoms with Crippen molar-refractivity contribution in [1.29, 1.82) is 0 Å². The zero-order chi connectivity index (χ0) is 11.5. The molecule has 0 unspecified atom stereocenters. The fourth-order valence-corrected chi connectivity index (χ4v) is 1.66. The topological polar surface area (TPSA) is 48.1 Å². The second-order valence-corrected chi connectivity index (χ2v) is 3.65. The summed E-state index contributed by atoms with van der Waals surface area (Å²) in [5.41, 5.74) is 8.84. The van der Waals surface area contributed by atoms with Gasteiger partial charge in [0.1, 0.15) is 11.6 Å². The zero-order valence-electron chi connectivity index (χ0n) is 9.40. The Kier molecular flexibility index (Phi) is 2.77. The Hall–Kier alpha value is -2.03. The van der Waals surface area contributed by atoms with E-state index in [9.17, 15) is 0 Å². The van der Waals surface area contributed by atoms with Gasteiger partial charge in [-0.25, -0.2) is 4.98 Å². The van der Waals surface area contributed by atoms with Crippen LogP contribution in [0.2, 0.25) is 0 Å². The summed E-state index contributed by atoms with van der Waals surface area (Å²) >= 11 is 0. The monoisotopic (exact) mass is 214 g/mol. The normalized spacial score (nSPS) is 10.1. The van der Waals surface area contributed by atoms with Gasteiger partial charge in [0.15, 0.2) is 0 Å². The van der Waals surface area contributed by atoms with Gasteiger partial charge in [0.05, 0.1) is 7.11 Å². The van der Waals surface area contributed by atoms with Gasteiger partial charge in [-0.2, -0.15) is 0 Å². The standard InChI is InChI=1S/C13H14N2O/c1-9-7-11(13(14)15-8-9)10-5-3-4-6-12(10)16-2/h3-8H,1-2H3,(H2,14,15). The molecule has 0 saturated heterocycles. The Morgan fingerprint density at radius 2 is 1.94 bits per heavy atom. The van der Waals surface area contributed by atoms with Crippen LogP contribution in [0.25, 0.3) is 11.1 Å². The number of benzene rings is 1. The van der Waals surface area contributed by atoms with Crippen LogP contribution in [0.15, 0.2) is 36.5 Å². The first-order valence-electron chi connectivity index (χ1n) is 5.08. The average Bonchev–Trinajstić information content (AvgIpc) is 2.32. The molecule has 1 aromatic heterocycles. The third-order valence-electron chi connectivity index (χ3n) is 2.45. The number of aromatic nitrogens is 1. The van der Waals surface area contributed by atoms with Gasteiger partial charge in [0.25, 0.3) is 0 Å². The van der Waals surface area contributed by atoms with E-state index in [4.69, 9.17) is 10.5 Å². The van der Waals surface area contributed by atoms with Crippen molar-refractivity contribution in [3.8, 4) is 16.9 Å². The summed E-state index contributed by atoms with van der Waals surface area (Å²) in [4.78, 5) is 4.15. The van der Waals surface area contributed by atoms with E-state index in [1.165, 1.54) is 0 Å². The summed E-state index contributed by atoms with van der Waals surface area (Å²) < 4.78 is 5.31. The van der Waals surface area contributed by atoms with Crippen molar-refractivity contribution in [3.63, 3.8) is 0 Å². The summed E-state index contributed by atoms with van der Waals surface area (Å²) in [6.07, 6.45) is 1.76. The molecule has 0 bridgehead atoms. The van der Waals surface area contributed by atoms with Crippen LogP contribution in [0.5, 0.6) is 5.75 Å². The molecule has 0 aliphatic heterocycles. The van der Waals surface area contributed by atoms with Gasteiger partial charge >= 0.3 is 0 Å². The number of aryl methyl sites for hydroxylation is 1. The van der Waals surface area contributed by atoms with Crippen LogP contribution in [0.1, 0.15) is 5.56 Å². The van der Waals surface area contributed by atoms with Crippen LogP contribution < -0.4 is 10.5 Å². The second kappa shape index (κ2) is 4.23. The van der Waals surface area contributed by atoms with Crippen molar-refractivity contribution in [1.82, 2.24) is 4.98 Å². The molecule has 2 aromatic rings. The maximum absolute atomic E-state index is 5.88.